The van der Waals surface area contributed by atoms with Crippen LogP contribution in [0.2, 0.25) is 0 Å². The molecule has 4 rings (SSSR count). The Kier molecular flexibility index (Phi) is 24.0. The van der Waals surface area contributed by atoms with Crippen molar-refractivity contribution >= 4 is 6.72 Å². The number of halogens is 3. The monoisotopic (exact) mass is 657 g/mol. The van der Waals surface area contributed by atoms with Gasteiger partial charge in [-0.1, -0.05) is 84.5 Å². The molecule has 4 N–H and O–H groups in total. The van der Waals surface area contributed by atoms with E-state index in [1.54, 1.807) is 0 Å². The molecule has 1 heterocycles. The Labute approximate surface area is 284 Å². The van der Waals surface area contributed by atoms with Crippen LogP contribution in [0, 0.1) is 35.5 Å². The van der Waals surface area contributed by atoms with Crippen molar-refractivity contribution in [3.63, 3.8) is 0 Å². The first kappa shape index (κ1) is 45.7. The van der Waals surface area contributed by atoms with Crippen LogP contribution in [0.3, 0.4) is 0 Å². The van der Waals surface area contributed by atoms with Crippen molar-refractivity contribution in [1.29, 1.82) is 5.41 Å². The molecule has 1 fully saturated rings. The van der Waals surface area contributed by atoms with Crippen LogP contribution >= 0.6 is 0 Å². The summed E-state index contributed by atoms with van der Waals surface area (Å²) in [6, 6.07) is 13.7. The van der Waals surface area contributed by atoms with E-state index in [0.29, 0.717) is 23.4 Å². The van der Waals surface area contributed by atoms with Gasteiger partial charge in [0, 0.05) is 35.6 Å². The van der Waals surface area contributed by atoms with Gasteiger partial charge in [0.25, 0.3) is 0 Å². The van der Waals surface area contributed by atoms with Gasteiger partial charge in [-0.25, -0.2) is 0 Å². The average Bonchev–Trinajstić information content (AvgIpc) is 3.67. The van der Waals surface area contributed by atoms with E-state index in [2.05, 4.69) is 119 Å². The fourth-order valence-corrected chi connectivity index (χ4v) is 6.74. The number of fused-ring (bicyclic) bond motifs is 1. The van der Waals surface area contributed by atoms with Gasteiger partial charge in [0.05, 0.1) is 6.04 Å². The van der Waals surface area contributed by atoms with Crippen LogP contribution < -0.4 is 16.0 Å². The highest BCUT2D eigenvalue weighted by Crippen LogP contribution is 2.67. The highest BCUT2D eigenvalue weighted by atomic mass is 19.4. The Balaban J connectivity index is 0. The lowest BCUT2D eigenvalue weighted by atomic mass is 9.86. The van der Waals surface area contributed by atoms with Gasteiger partial charge >= 0.3 is 6.68 Å². The third-order valence-electron chi connectivity index (χ3n) is 9.49. The number of aromatic nitrogens is 1. The second kappa shape index (κ2) is 24.7. The van der Waals surface area contributed by atoms with Crippen LogP contribution in [-0.4, -0.2) is 38.0 Å². The molecule has 2 aliphatic carbocycles. The maximum atomic E-state index is 9.67. The van der Waals surface area contributed by atoms with Gasteiger partial charge < -0.3 is 21.4 Å². The van der Waals surface area contributed by atoms with Crippen LogP contribution in [0.4, 0.5) is 13.2 Å². The van der Waals surface area contributed by atoms with Crippen molar-refractivity contribution in [2.75, 3.05) is 14.1 Å². The predicted molar refractivity (Wildman–Crippen MR) is 197 cm³/mol. The Morgan fingerprint density at radius 1 is 1.11 bits per heavy atom. The second-order valence-electron chi connectivity index (χ2n) is 11.4. The Bertz CT molecular complexity index is 1120. The SMILES string of the molecule is C#C.C=C(NC1CCCc2ccccc21)C1C(C)C1(C)C(NC)c1cccnc1.C=CCC(CC)(CC)NC.C=N.CC.FC(F)F. The molecule has 1 aromatic heterocycles. The normalized spacial score (nSPS) is 20.9. The van der Waals surface area contributed by atoms with E-state index >= 15 is 0 Å². The summed E-state index contributed by atoms with van der Waals surface area (Å²) < 4.78 is 29.0. The highest BCUT2D eigenvalue weighted by Gasteiger charge is 2.63. The zero-order valence-electron chi connectivity index (χ0n) is 30.2. The Hall–Kier alpha value is -3.41. The van der Waals surface area contributed by atoms with Gasteiger partial charge in [-0.3, -0.25) is 4.98 Å². The summed E-state index contributed by atoms with van der Waals surface area (Å²) >= 11 is 0. The first-order valence-electron chi connectivity index (χ1n) is 16.6. The molecule has 0 bridgehead atoms. The highest BCUT2D eigenvalue weighted by molar-refractivity contribution is 5.35. The van der Waals surface area contributed by atoms with Crippen molar-refractivity contribution in [2.24, 2.45) is 17.3 Å². The topological polar surface area (TPSA) is 72.8 Å². The molecule has 0 radical (unpaired) electrons. The van der Waals surface area contributed by atoms with Crippen LogP contribution in [0.1, 0.15) is 102 Å². The van der Waals surface area contributed by atoms with Crippen molar-refractivity contribution < 1.29 is 13.2 Å². The molecule has 1 saturated carbocycles. The van der Waals surface area contributed by atoms with Gasteiger partial charge in [0.15, 0.2) is 0 Å². The number of pyridine rings is 1. The van der Waals surface area contributed by atoms with Crippen LogP contribution in [0.5, 0.6) is 0 Å². The fraction of sp³-hybridized carbons (Fsp3) is 0.538. The summed E-state index contributed by atoms with van der Waals surface area (Å²) in [5.41, 5.74) is 5.85. The van der Waals surface area contributed by atoms with Crippen molar-refractivity contribution in [3.8, 4) is 12.8 Å². The van der Waals surface area contributed by atoms with Gasteiger partial charge in [-0.05, 0) is 93.4 Å². The summed E-state index contributed by atoms with van der Waals surface area (Å²) in [5.74, 6) is 1.04. The molecule has 1 aromatic carbocycles. The third kappa shape index (κ3) is 13.3. The Morgan fingerprint density at radius 2 is 1.68 bits per heavy atom. The molecule has 8 heteroatoms. The van der Waals surface area contributed by atoms with Crippen LogP contribution in [-0.2, 0) is 6.42 Å². The van der Waals surface area contributed by atoms with Crippen LogP contribution in [0.25, 0.3) is 0 Å². The first-order valence-corrected chi connectivity index (χ1v) is 16.6. The van der Waals surface area contributed by atoms with E-state index in [4.69, 9.17) is 5.41 Å². The van der Waals surface area contributed by atoms with Gasteiger partial charge in [0.2, 0.25) is 0 Å². The number of alkyl halides is 3. The molecule has 5 unspecified atom stereocenters. The minimum Gasteiger partial charge on any atom is -0.382 e. The number of rotatable bonds is 11. The minimum absolute atomic E-state index is 0.149. The zero-order chi connectivity index (χ0) is 36.6. The summed E-state index contributed by atoms with van der Waals surface area (Å²) in [4.78, 5) is 4.33. The lowest BCUT2D eigenvalue weighted by Crippen LogP contribution is -2.41. The molecule has 47 heavy (non-hydrogen) atoms. The molecule has 264 valence electrons. The Morgan fingerprint density at radius 3 is 2.13 bits per heavy atom. The maximum absolute atomic E-state index is 9.67. The van der Waals surface area contributed by atoms with Gasteiger partial charge in [-0.2, -0.15) is 13.2 Å². The van der Waals surface area contributed by atoms with E-state index in [-0.39, 0.29) is 11.5 Å². The minimum atomic E-state index is -3.67. The van der Waals surface area contributed by atoms with Crippen molar-refractivity contribution in [2.45, 2.75) is 104 Å². The fourth-order valence-electron chi connectivity index (χ4n) is 6.74. The number of hydrogen-bond acceptors (Lipinski definition) is 5. The average molecular weight is 658 g/mol. The number of nitrogens with zero attached hydrogens (tertiary/aromatic N) is 1. The molecule has 0 amide bonds. The van der Waals surface area contributed by atoms with E-state index in [0.717, 1.165) is 6.42 Å². The number of allylic oxidation sites excluding steroid dienone is 1. The summed E-state index contributed by atoms with van der Waals surface area (Å²) in [6.45, 7) is 20.2. The molecule has 0 aliphatic heterocycles. The quantitative estimate of drug-likeness (QED) is 0.110. The predicted octanol–water partition coefficient (Wildman–Crippen LogP) is 9.86. The van der Waals surface area contributed by atoms with Gasteiger partial charge in [0.1, 0.15) is 0 Å². The molecule has 2 aliphatic rings. The number of nitrogens with one attached hydrogen (secondary N) is 4. The lowest BCUT2D eigenvalue weighted by Gasteiger charge is -2.30. The summed E-state index contributed by atoms with van der Waals surface area (Å²) in [7, 11) is 4.08. The molecule has 2 aromatic rings. The molecular weight excluding hydrogens is 595 g/mol. The molecule has 5 atom stereocenters. The number of hydrogen-bond donors (Lipinski definition) is 4. The molecule has 0 spiro atoms. The lowest BCUT2D eigenvalue weighted by molar-refractivity contribution is 0.00819. The summed E-state index contributed by atoms with van der Waals surface area (Å²) in [5, 5.41) is 16.2. The number of terminal acetylenes is 1. The van der Waals surface area contributed by atoms with E-state index in [1.165, 1.54) is 54.5 Å². The zero-order valence-corrected chi connectivity index (χ0v) is 30.2. The van der Waals surface area contributed by atoms with Gasteiger partial charge in [-0.15, -0.1) is 19.4 Å². The standard InChI is InChI=1S/C24H31N3.C9H19N.C2H6.C2H2.CHF3.CH3N/c1-16-22(24(16,3)23(25-4)19-11-8-14-26-15-19)17(2)27-21-13-7-10-18-9-5-6-12-20(18)21;1-5-8-9(6-2,7-3)10-4;2*1-2;2-1(3)4;1-2/h5-6,8-9,11-12,14-16,21-23,25,27H,2,7,10,13H2,1,3-4H3;5,10H,1,6-8H2,2-4H3;1-2H3;1-2H;1H;2H,1H2. The largest absolute Gasteiger partial charge is 0.382 e. The first-order chi connectivity index (χ1) is 22.5. The maximum Gasteiger partial charge on any atom is 0.379 e. The van der Waals surface area contributed by atoms with E-state index < -0.39 is 6.68 Å². The number of aryl methyl sites for hydroxylation is 1. The van der Waals surface area contributed by atoms with E-state index in [1.807, 2.05) is 45.4 Å². The van der Waals surface area contributed by atoms with Crippen LogP contribution in [0.15, 0.2) is 73.7 Å². The number of benzene rings is 1. The molecule has 5 nitrogen and oxygen atoms in total. The third-order valence-corrected chi connectivity index (χ3v) is 9.49. The second-order valence-corrected chi connectivity index (χ2v) is 11.4. The summed E-state index contributed by atoms with van der Waals surface area (Å²) in [6.07, 6.45) is 20.9. The molecule has 0 saturated heterocycles. The molecular formula is C39H62F3N5. The van der Waals surface area contributed by atoms with E-state index in [9.17, 15) is 13.2 Å². The van der Waals surface area contributed by atoms with Crippen molar-refractivity contribution in [3.05, 3.63) is 90.4 Å². The van der Waals surface area contributed by atoms with Crippen molar-refractivity contribution in [1.82, 2.24) is 20.9 Å². The smallest absolute Gasteiger partial charge is 0.379 e.